The molecule has 0 fully saturated rings. The second-order valence-electron chi connectivity index (χ2n) is 6.25. The number of hydrogen-bond acceptors (Lipinski definition) is 5. The fourth-order valence-corrected chi connectivity index (χ4v) is 4.67. The average molecular weight is 445 g/mol. The third kappa shape index (κ3) is 4.22. The zero-order valence-corrected chi connectivity index (χ0v) is 17.8. The molecule has 0 spiro atoms. The van der Waals surface area contributed by atoms with Crippen molar-refractivity contribution in [3.63, 3.8) is 0 Å². The SMILES string of the molecule is Cc1ccc(-c2csc3nc(SCC(=O)O)n(-c4ccccc4)c(=O)c23)cc1.Cl. The van der Waals surface area contributed by atoms with Gasteiger partial charge in [0.15, 0.2) is 5.16 Å². The molecule has 0 radical (unpaired) electrons. The average Bonchev–Trinajstić information content (AvgIpc) is 3.12. The highest BCUT2D eigenvalue weighted by molar-refractivity contribution is 7.99. The first kappa shape index (κ1) is 21.1. The van der Waals surface area contributed by atoms with Crippen LogP contribution in [0.2, 0.25) is 0 Å². The molecule has 0 saturated heterocycles. The van der Waals surface area contributed by atoms with E-state index < -0.39 is 5.97 Å². The van der Waals surface area contributed by atoms with Gasteiger partial charge in [0.2, 0.25) is 0 Å². The van der Waals surface area contributed by atoms with Gasteiger partial charge in [-0.05, 0) is 24.6 Å². The van der Waals surface area contributed by atoms with Crippen molar-refractivity contribution >= 4 is 51.7 Å². The summed E-state index contributed by atoms with van der Waals surface area (Å²) >= 11 is 2.44. The predicted octanol–water partition coefficient (Wildman–Crippen LogP) is 5.02. The Morgan fingerprint density at radius 1 is 1.14 bits per heavy atom. The van der Waals surface area contributed by atoms with E-state index in [0.717, 1.165) is 28.5 Å². The van der Waals surface area contributed by atoms with E-state index >= 15 is 0 Å². The Morgan fingerprint density at radius 3 is 2.48 bits per heavy atom. The highest BCUT2D eigenvalue weighted by Gasteiger charge is 2.19. The molecule has 2 heterocycles. The van der Waals surface area contributed by atoms with E-state index in [9.17, 15) is 9.59 Å². The van der Waals surface area contributed by atoms with Crippen LogP contribution in [0.15, 0.2) is 69.9 Å². The third-order valence-electron chi connectivity index (χ3n) is 4.28. The summed E-state index contributed by atoms with van der Waals surface area (Å²) in [6, 6.07) is 17.2. The summed E-state index contributed by atoms with van der Waals surface area (Å²) in [7, 11) is 0. The van der Waals surface area contributed by atoms with Crippen LogP contribution in [-0.4, -0.2) is 26.4 Å². The van der Waals surface area contributed by atoms with Gasteiger partial charge < -0.3 is 5.11 Å². The van der Waals surface area contributed by atoms with Crippen LogP contribution >= 0.6 is 35.5 Å². The standard InChI is InChI=1S/C21H16N2O3S2.ClH/c1-13-7-9-14(10-8-13)16-11-27-19-18(16)20(26)23(15-5-3-2-4-6-15)21(22-19)28-12-17(24)25;/h2-11H,12H2,1H3,(H,24,25);1H. The number of thiophene rings is 1. The van der Waals surface area contributed by atoms with Crippen LogP contribution in [0.3, 0.4) is 0 Å². The Hall–Kier alpha value is -2.61. The van der Waals surface area contributed by atoms with Crippen molar-refractivity contribution in [3.8, 4) is 16.8 Å². The maximum absolute atomic E-state index is 13.5. The topological polar surface area (TPSA) is 72.2 Å². The van der Waals surface area contributed by atoms with Gasteiger partial charge in [0.05, 0.1) is 16.8 Å². The summed E-state index contributed by atoms with van der Waals surface area (Å²) in [6.45, 7) is 2.02. The smallest absolute Gasteiger partial charge is 0.313 e. The number of aromatic nitrogens is 2. The van der Waals surface area contributed by atoms with Crippen molar-refractivity contribution in [1.29, 1.82) is 0 Å². The molecule has 2 aromatic carbocycles. The fraction of sp³-hybridized carbons (Fsp3) is 0.0952. The van der Waals surface area contributed by atoms with Gasteiger partial charge in [0.25, 0.3) is 5.56 Å². The summed E-state index contributed by atoms with van der Waals surface area (Å²) in [4.78, 5) is 29.8. The number of fused-ring (bicyclic) bond motifs is 1. The molecule has 0 bridgehead atoms. The number of aryl methyl sites for hydroxylation is 1. The van der Waals surface area contributed by atoms with Crippen molar-refractivity contribution in [2.24, 2.45) is 0 Å². The Balaban J connectivity index is 0.00000240. The fourth-order valence-electron chi connectivity index (χ4n) is 2.95. The molecule has 2 aromatic heterocycles. The Morgan fingerprint density at radius 2 is 1.83 bits per heavy atom. The summed E-state index contributed by atoms with van der Waals surface area (Å²) in [6.07, 6.45) is 0. The first-order valence-corrected chi connectivity index (χ1v) is 10.4. The zero-order chi connectivity index (χ0) is 19.7. The molecule has 0 saturated carbocycles. The molecule has 1 N–H and O–H groups in total. The molecular weight excluding hydrogens is 428 g/mol. The van der Waals surface area contributed by atoms with Gasteiger partial charge in [-0.2, -0.15) is 0 Å². The molecule has 0 atom stereocenters. The first-order chi connectivity index (χ1) is 13.5. The van der Waals surface area contributed by atoms with Gasteiger partial charge in [0, 0.05) is 10.9 Å². The molecular formula is C21H17ClN2O3S2. The van der Waals surface area contributed by atoms with Crippen LogP contribution < -0.4 is 5.56 Å². The number of aliphatic carboxylic acids is 1. The quantitative estimate of drug-likeness (QED) is 0.345. The lowest BCUT2D eigenvalue weighted by Gasteiger charge is -2.12. The highest BCUT2D eigenvalue weighted by Crippen LogP contribution is 2.33. The second kappa shape index (κ2) is 8.82. The molecule has 0 aliphatic carbocycles. The molecule has 0 aliphatic rings. The maximum atomic E-state index is 13.5. The van der Waals surface area contributed by atoms with Crippen LogP contribution in [-0.2, 0) is 4.79 Å². The Kier molecular flexibility index (Phi) is 6.42. The van der Waals surface area contributed by atoms with E-state index in [1.165, 1.54) is 15.9 Å². The summed E-state index contributed by atoms with van der Waals surface area (Å²) in [5.74, 6) is -1.12. The monoisotopic (exact) mass is 444 g/mol. The lowest BCUT2D eigenvalue weighted by molar-refractivity contribution is -0.133. The number of rotatable bonds is 5. The molecule has 0 unspecified atom stereocenters. The van der Waals surface area contributed by atoms with Gasteiger partial charge in [-0.3, -0.25) is 14.2 Å². The highest BCUT2D eigenvalue weighted by atomic mass is 35.5. The Bertz CT molecular complexity index is 1220. The number of nitrogens with zero attached hydrogens (tertiary/aromatic N) is 2. The summed E-state index contributed by atoms with van der Waals surface area (Å²) < 4.78 is 1.50. The van der Waals surface area contributed by atoms with Gasteiger partial charge in [-0.15, -0.1) is 23.7 Å². The maximum Gasteiger partial charge on any atom is 0.313 e. The van der Waals surface area contributed by atoms with Crippen LogP contribution in [0.1, 0.15) is 5.56 Å². The van der Waals surface area contributed by atoms with Crippen molar-refractivity contribution < 1.29 is 9.90 Å². The number of carboxylic acid groups (broad SMARTS) is 1. The Labute approximate surface area is 181 Å². The number of carboxylic acids is 1. The third-order valence-corrected chi connectivity index (χ3v) is 6.07. The summed E-state index contributed by atoms with van der Waals surface area (Å²) in [5, 5.41) is 11.9. The van der Waals surface area contributed by atoms with Crippen LogP contribution in [0.25, 0.3) is 27.0 Å². The predicted molar refractivity (Wildman–Crippen MR) is 121 cm³/mol. The number of thioether (sulfide) groups is 1. The number of para-hydroxylation sites is 1. The number of benzene rings is 2. The molecule has 5 nitrogen and oxygen atoms in total. The lowest BCUT2D eigenvalue weighted by Crippen LogP contribution is -2.22. The second-order valence-corrected chi connectivity index (χ2v) is 8.05. The number of hydrogen-bond donors (Lipinski definition) is 1. The number of halogens is 1. The molecule has 29 heavy (non-hydrogen) atoms. The minimum absolute atomic E-state index is 0. The molecule has 0 amide bonds. The van der Waals surface area contributed by atoms with Crippen LogP contribution in [0.4, 0.5) is 0 Å². The molecule has 4 rings (SSSR count). The molecule has 4 aromatic rings. The van der Waals surface area contributed by atoms with Crippen LogP contribution in [0, 0.1) is 6.92 Å². The van der Waals surface area contributed by atoms with E-state index in [2.05, 4.69) is 4.98 Å². The normalized spacial score (nSPS) is 10.7. The van der Waals surface area contributed by atoms with E-state index in [4.69, 9.17) is 5.11 Å². The van der Waals surface area contributed by atoms with Crippen LogP contribution in [0.5, 0.6) is 0 Å². The van der Waals surface area contributed by atoms with Crippen molar-refractivity contribution in [3.05, 3.63) is 75.9 Å². The van der Waals surface area contributed by atoms with Gasteiger partial charge in [-0.25, -0.2) is 4.98 Å². The number of carbonyl (C=O) groups is 1. The zero-order valence-electron chi connectivity index (χ0n) is 15.4. The van der Waals surface area contributed by atoms with Gasteiger partial charge in [0.1, 0.15) is 4.83 Å². The first-order valence-electron chi connectivity index (χ1n) is 8.56. The van der Waals surface area contributed by atoms with E-state index in [1.807, 2.05) is 66.9 Å². The minimum Gasteiger partial charge on any atom is -0.481 e. The van der Waals surface area contributed by atoms with E-state index in [1.54, 1.807) is 0 Å². The largest absolute Gasteiger partial charge is 0.481 e. The van der Waals surface area contributed by atoms with Gasteiger partial charge >= 0.3 is 5.97 Å². The van der Waals surface area contributed by atoms with Crippen molar-refractivity contribution in [2.75, 3.05) is 5.75 Å². The van der Waals surface area contributed by atoms with Crippen molar-refractivity contribution in [2.45, 2.75) is 12.1 Å². The van der Waals surface area contributed by atoms with Crippen molar-refractivity contribution in [1.82, 2.24) is 9.55 Å². The molecule has 0 aliphatic heterocycles. The lowest BCUT2D eigenvalue weighted by atomic mass is 10.1. The van der Waals surface area contributed by atoms with E-state index in [-0.39, 0.29) is 23.7 Å². The summed E-state index contributed by atoms with van der Waals surface area (Å²) in [5.41, 5.74) is 3.42. The minimum atomic E-state index is -0.953. The molecule has 148 valence electrons. The molecule has 8 heteroatoms. The van der Waals surface area contributed by atoms with E-state index in [0.29, 0.717) is 21.1 Å². The van der Waals surface area contributed by atoms with Gasteiger partial charge in [-0.1, -0.05) is 59.8 Å².